The predicted molar refractivity (Wildman–Crippen MR) is 86.1 cm³/mol. The van der Waals surface area contributed by atoms with Gasteiger partial charge in [0.15, 0.2) is 11.6 Å². The highest BCUT2D eigenvalue weighted by atomic mass is 19.1. The van der Waals surface area contributed by atoms with Crippen LogP contribution >= 0.6 is 0 Å². The molecule has 0 aromatic heterocycles. The standard InChI is InChI=1S/C16H21F2N3O3/c1-16(2,3)24-15(23)21-6-4-20(5-7-21)14-12(17)8-11(19-10-22)9-13(14)18/h8-10H,4-7H2,1-3H3,(H,19,22). The first-order chi connectivity index (χ1) is 11.2. The average molecular weight is 341 g/mol. The molecule has 0 bridgehead atoms. The summed E-state index contributed by atoms with van der Waals surface area (Å²) < 4.78 is 33.6. The highest BCUT2D eigenvalue weighted by Crippen LogP contribution is 2.28. The van der Waals surface area contributed by atoms with Crippen molar-refractivity contribution in [3.8, 4) is 0 Å². The summed E-state index contributed by atoms with van der Waals surface area (Å²) in [5.74, 6) is -1.52. The summed E-state index contributed by atoms with van der Waals surface area (Å²) in [6.45, 7) is 6.52. The number of piperazine rings is 1. The fourth-order valence-corrected chi connectivity index (χ4v) is 2.46. The molecule has 1 aliphatic rings. The Morgan fingerprint density at radius 3 is 2.17 bits per heavy atom. The van der Waals surface area contributed by atoms with Gasteiger partial charge in [-0.05, 0) is 32.9 Å². The molecule has 0 radical (unpaired) electrons. The summed E-state index contributed by atoms with van der Waals surface area (Å²) in [5, 5.41) is 2.21. The number of anilines is 2. The Hall–Kier alpha value is -2.38. The van der Waals surface area contributed by atoms with E-state index in [1.807, 2.05) is 0 Å². The first-order valence-corrected chi connectivity index (χ1v) is 7.63. The van der Waals surface area contributed by atoms with Crippen LogP contribution in [-0.2, 0) is 9.53 Å². The maximum absolute atomic E-state index is 14.2. The molecular formula is C16H21F2N3O3. The molecule has 0 aliphatic carbocycles. The third-order valence-corrected chi connectivity index (χ3v) is 3.49. The lowest BCUT2D eigenvalue weighted by atomic mass is 10.2. The van der Waals surface area contributed by atoms with Crippen molar-refractivity contribution in [3.05, 3.63) is 23.8 Å². The number of nitrogens with zero attached hydrogens (tertiary/aromatic N) is 2. The van der Waals surface area contributed by atoms with Crippen molar-refractivity contribution < 1.29 is 23.1 Å². The van der Waals surface area contributed by atoms with Crippen molar-refractivity contribution in [2.75, 3.05) is 36.4 Å². The molecule has 2 amide bonds. The molecule has 0 atom stereocenters. The minimum absolute atomic E-state index is 0.0520. The second-order valence-electron chi connectivity index (χ2n) is 6.51. The van der Waals surface area contributed by atoms with E-state index in [-0.39, 0.29) is 24.5 Å². The zero-order valence-corrected chi connectivity index (χ0v) is 13.9. The van der Waals surface area contributed by atoms with Crippen LogP contribution in [0.3, 0.4) is 0 Å². The SMILES string of the molecule is CC(C)(C)OC(=O)N1CCN(c2c(F)cc(NC=O)cc2F)CC1. The Morgan fingerprint density at radius 1 is 1.17 bits per heavy atom. The fourth-order valence-electron chi connectivity index (χ4n) is 2.46. The van der Waals surface area contributed by atoms with E-state index in [1.165, 1.54) is 9.80 Å². The molecule has 1 saturated heterocycles. The summed E-state index contributed by atoms with van der Waals surface area (Å²) in [4.78, 5) is 25.4. The molecule has 8 heteroatoms. The van der Waals surface area contributed by atoms with Gasteiger partial charge in [-0.2, -0.15) is 0 Å². The van der Waals surface area contributed by atoms with E-state index in [1.54, 1.807) is 20.8 Å². The number of rotatable bonds is 3. The van der Waals surface area contributed by atoms with E-state index in [4.69, 9.17) is 4.74 Å². The first-order valence-electron chi connectivity index (χ1n) is 7.63. The normalized spacial score (nSPS) is 15.2. The maximum Gasteiger partial charge on any atom is 0.410 e. The van der Waals surface area contributed by atoms with E-state index >= 15 is 0 Å². The molecule has 24 heavy (non-hydrogen) atoms. The lowest BCUT2D eigenvalue weighted by Crippen LogP contribution is -2.50. The largest absolute Gasteiger partial charge is 0.444 e. The summed E-state index contributed by atoms with van der Waals surface area (Å²) in [6, 6.07) is 2.13. The third-order valence-electron chi connectivity index (χ3n) is 3.49. The summed E-state index contributed by atoms with van der Waals surface area (Å²) in [6.07, 6.45) is -0.0818. The molecule has 1 aromatic rings. The van der Waals surface area contributed by atoms with E-state index < -0.39 is 23.3 Å². The van der Waals surface area contributed by atoms with Crippen molar-refractivity contribution in [2.45, 2.75) is 26.4 Å². The van der Waals surface area contributed by atoms with Crippen LogP contribution in [0.15, 0.2) is 12.1 Å². The van der Waals surface area contributed by atoms with E-state index in [0.717, 1.165) is 12.1 Å². The summed E-state index contributed by atoms with van der Waals surface area (Å²) in [5.41, 5.74) is -0.695. The molecule has 0 saturated carbocycles. The topological polar surface area (TPSA) is 61.9 Å². The second kappa shape index (κ2) is 7.02. The fraction of sp³-hybridized carbons (Fsp3) is 0.500. The molecule has 0 spiro atoms. The van der Waals surface area contributed by atoms with Crippen LogP contribution in [0.5, 0.6) is 0 Å². The van der Waals surface area contributed by atoms with Crippen LogP contribution in [0.25, 0.3) is 0 Å². The van der Waals surface area contributed by atoms with Crippen LogP contribution in [0.2, 0.25) is 0 Å². The van der Waals surface area contributed by atoms with Crippen molar-refractivity contribution in [2.24, 2.45) is 0 Å². The number of hydrogen-bond donors (Lipinski definition) is 1. The third kappa shape index (κ3) is 4.33. The number of ether oxygens (including phenoxy) is 1. The van der Waals surface area contributed by atoms with Gasteiger partial charge < -0.3 is 19.9 Å². The molecule has 1 N–H and O–H groups in total. The van der Waals surface area contributed by atoms with Gasteiger partial charge >= 0.3 is 6.09 Å². The quantitative estimate of drug-likeness (QED) is 0.859. The molecule has 1 heterocycles. The smallest absolute Gasteiger partial charge is 0.410 e. The Morgan fingerprint density at radius 2 is 1.71 bits per heavy atom. The Labute approximate surface area is 139 Å². The number of halogens is 2. The number of nitrogens with one attached hydrogen (secondary N) is 1. The maximum atomic E-state index is 14.2. The number of carbonyl (C=O) groups excluding carboxylic acids is 2. The van der Waals surface area contributed by atoms with Crippen LogP contribution < -0.4 is 10.2 Å². The minimum atomic E-state index is -0.759. The molecule has 1 fully saturated rings. The molecule has 6 nitrogen and oxygen atoms in total. The molecule has 132 valence electrons. The number of amides is 2. The van der Waals surface area contributed by atoms with Crippen LogP contribution in [0.1, 0.15) is 20.8 Å². The molecular weight excluding hydrogens is 320 g/mol. The Kier molecular flexibility index (Phi) is 5.26. The van der Waals surface area contributed by atoms with Gasteiger partial charge in [-0.15, -0.1) is 0 Å². The van der Waals surface area contributed by atoms with Crippen LogP contribution in [0.4, 0.5) is 25.0 Å². The molecule has 0 unspecified atom stereocenters. The molecule has 2 rings (SSSR count). The summed E-state index contributed by atoms with van der Waals surface area (Å²) >= 11 is 0. The highest BCUT2D eigenvalue weighted by molar-refractivity contribution is 5.73. The molecule has 1 aromatic carbocycles. The first kappa shape index (κ1) is 18.0. The minimum Gasteiger partial charge on any atom is -0.444 e. The Bertz CT molecular complexity index is 600. The van der Waals surface area contributed by atoms with Gasteiger partial charge in [-0.1, -0.05) is 0 Å². The summed E-state index contributed by atoms with van der Waals surface area (Å²) in [7, 11) is 0. The average Bonchev–Trinajstić information content (AvgIpc) is 2.45. The van der Waals surface area contributed by atoms with Gasteiger partial charge in [0.25, 0.3) is 0 Å². The van der Waals surface area contributed by atoms with Gasteiger partial charge in [0.1, 0.15) is 11.3 Å². The second-order valence-corrected chi connectivity index (χ2v) is 6.51. The zero-order valence-electron chi connectivity index (χ0n) is 13.9. The van der Waals surface area contributed by atoms with Crippen LogP contribution in [0, 0.1) is 11.6 Å². The van der Waals surface area contributed by atoms with E-state index in [9.17, 15) is 18.4 Å². The van der Waals surface area contributed by atoms with Gasteiger partial charge in [-0.25, -0.2) is 13.6 Å². The predicted octanol–water partition coefficient (Wildman–Crippen LogP) is 2.59. The van der Waals surface area contributed by atoms with Gasteiger partial charge in [-0.3, -0.25) is 4.79 Å². The lowest BCUT2D eigenvalue weighted by Gasteiger charge is -2.37. The monoisotopic (exact) mass is 341 g/mol. The Balaban J connectivity index is 2.05. The van der Waals surface area contributed by atoms with Crippen molar-refractivity contribution in [3.63, 3.8) is 0 Å². The van der Waals surface area contributed by atoms with Gasteiger partial charge in [0.2, 0.25) is 6.41 Å². The number of hydrogen-bond acceptors (Lipinski definition) is 4. The lowest BCUT2D eigenvalue weighted by molar-refractivity contribution is -0.105. The van der Waals surface area contributed by atoms with Crippen molar-refractivity contribution in [1.82, 2.24) is 4.90 Å². The zero-order chi connectivity index (χ0) is 17.9. The van der Waals surface area contributed by atoms with Crippen molar-refractivity contribution in [1.29, 1.82) is 0 Å². The van der Waals surface area contributed by atoms with Crippen molar-refractivity contribution >= 4 is 23.9 Å². The van der Waals surface area contributed by atoms with Gasteiger partial charge in [0.05, 0.1) is 0 Å². The van der Waals surface area contributed by atoms with E-state index in [0.29, 0.717) is 19.5 Å². The molecule has 1 aliphatic heterocycles. The van der Waals surface area contributed by atoms with E-state index in [2.05, 4.69) is 5.32 Å². The number of carbonyl (C=O) groups is 2. The number of benzene rings is 1. The van der Waals surface area contributed by atoms with Gasteiger partial charge in [0, 0.05) is 31.9 Å². The van der Waals surface area contributed by atoms with Crippen LogP contribution in [-0.4, -0.2) is 49.2 Å². The highest BCUT2D eigenvalue weighted by Gasteiger charge is 2.28.